The summed E-state index contributed by atoms with van der Waals surface area (Å²) in [7, 11) is 2.20. The van der Waals surface area contributed by atoms with Gasteiger partial charge in [-0.2, -0.15) is 0 Å². The SMILES string of the molecule is Cc1cc(-c2cnc3[nH]cc(I)c3c2C)ccc1N1CCN(C)CC1. The number of anilines is 1. The second-order valence-corrected chi connectivity index (χ2v) is 8.11. The molecule has 0 amide bonds. The van der Waals surface area contributed by atoms with E-state index in [2.05, 4.69) is 81.5 Å². The van der Waals surface area contributed by atoms with Gasteiger partial charge in [-0.25, -0.2) is 4.98 Å². The van der Waals surface area contributed by atoms with Gasteiger partial charge >= 0.3 is 0 Å². The van der Waals surface area contributed by atoms with Crippen molar-refractivity contribution in [3.05, 3.63) is 45.3 Å². The van der Waals surface area contributed by atoms with E-state index in [0.29, 0.717) is 0 Å². The molecule has 0 spiro atoms. The quantitative estimate of drug-likeness (QED) is 0.600. The number of fused-ring (bicyclic) bond motifs is 1. The van der Waals surface area contributed by atoms with Gasteiger partial charge in [0.15, 0.2) is 0 Å². The molecule has 1 fully saturated rings. The van der Waals surface area contributed by atoms with Gasteiger partial charge in [0.1, 0.15) is 5.65 Å². The van der Waals surface area contributed by atoms with Crippen LogP contribution in [-0.4, -0.2) is 48.1 Å². The Hall–Kier alpha value is -1.60. The van der Waals surface area contributed by atoms with E-state index in [-0.39, 0.29) is 0 Å². The highest BCUT2D eigenvalue weighted by Gasteiger charge is 2.17. The standard InChI is InChI=1S/C20H23IN4/c1-13-10-15(4-5-18(13)25-8-6-24(3)7-9-25)16-11-22-20-19(14(16)2)17(21)12-23-20/h4-5,10-12H,6-9H2,1-3H3,(H,22,23). The summed E-state index contributed by atoms with van der Waals surface area (Å²) in [5.74, 6) is 0. The lowest BCUT2D eigenvalue weighted by Crippen LogP contribution is -2.44. The van der Waals surface area contributed by atoms with Gasteiger partial charge in [-0.05, 0) is 72.3 Å². The first-order valence-electron chi connectivity index (χ1n) is 8.71. The summed E-state index contributed by atoms with van der Waals surface area (Å²) in [4.78, 5) is 12.8. The van der Waals surface area contributed by atoms with E-state index in [4.69, 9.17) is 0 Å². The first kappa shape index (κ1) is 16.8. The van der Waals surface area contributed by atoms with E-state index in [1.54, 1.807) is 0 Å². The smallest absolute Gasteiger partial charge is 0.138 e. The Morgan fingerprint density at radius 1 is 1.12 bits per heavy atom. The van der Waals surface area contributed by atoms with Crippen molar-refractivity contribution in [2.24, 2.45) is 0 Å². The Morgan fingerprint density at radius 3 is 2.60 bits per heavy atom. The minimum atomic E-state index is 0.969. The van der Waals surface area contributed by atoms with Gasteiger partial charge in [-0.3, -0.25) is 0 Å². The summed E-state index contributed by atoms with van der Waals surface area (Å²) in [5, 5.41) is 1.24. The molecule has 1 N–H and O–H groups in total. The van der Waals surface area contributed by atoms with Crippen molar-refractivity contribution < 1.29 is 0 Å². The number of halogens is 1. The van der Waals surface area contributed by atoms with Crippen LogP contribution in [0.15, 0.2) is 30.6 Å². The third-order valence-corrected chi connectivity index (χ3v) is 6.12. The first-order valence-corrected chi connectivity index (χ1v) is 9.79. The number of aromatic amines is 1. The molecule has 130 valence electrons. The van der Waals surface area contributed by atoms with Crippen molar-refractivity contribution in [1.29, 1.82) is 0 Å². The van der Waals surface area contributed by atoms with Gasteiger partial charge in [0.05, 0.1) is 0 Å². The number of aryl methyl sites for hydroxylation is 2. The zero-order chi connectivity index (χ0) is 17.6. The largest absolute Gasteiger partial charge is 0.369 e. The number of H-pyrrole nitrogens is 1. The summed E-state index contributed by atoms with van der Waals surface area (Å²) in [6.07, 6.45) is 4.02. The lowest BCUT2D eigenvalue weighted by molar-refractivity contribution is 0.312. The number of hydrogen-bond acceptors (Lipinski definition) is 3. The molecule has 1 aliphatic rings. The van der Waals surface area contributed by atoms with Crippen LogP contribution in [0.25, 0.3) is 22.2 Å². The molecule has 4 rings (SSSR count). The van der Waals surface area contributed by atoms with Crippen LogP contribution in [0.2, 0.25) is 0 Å². The van der Waals surface area contributed by atoms with Crippen LogP contribution < -0.4 is 4.90 Å². The summed E-state index contributed by atoms with van der Waals surface area (Å²) in [6.45, 7) is 8.88. The molecule has 0 unspecified atom stereocenters. The highest BCUT2D eigenvalue weighted by atomic mass is 127. The van der Waals surface area contributed by atoms with Gasteiger partial charge < -0.3 is 14.8 Å². The second-order valence-electron chi connectivity index (χ2n) is 6.95. The van der Waals surface area contributed by atoms with E-state index >= 15 is 0 Å². The van der Waals surface area contributed by atoms with Crippen LogP contribution in [0, 0.1) is 17.4 Å². The molecule has 0 saturated carbocycles. The van der Waals surface area contributed by atoms with E-state index in [1.807, 2.05) is 12.4 Å². The highest BCUT2D eigenvalue weighted by Crippen LogP contribution is 2.33. The molecular formula is C20H23IN4. The third kappa shape index (κ3) is 3.04. The van der Waals surface area contributed by atoms with Crippen LogP contribution in [0.4, 0.5) is 5.69 Å². The molecule has 25 heavy (non-hydrogen) atoms. The fourth-order valence-corrected chi connectivity index (χ4v) is 4.54. The van der Waals surface area contributed by atoms with Gasteiger partial charge in [0.25, 0.3) is 0 Å². The van der Waals surface area contributed by atoms with Crippen molar-refractivity contribution in [1.82, 2.24) is 14.9 Å². The van der Waals surface area contributed by atoms with Crippen molar-refractivity contribution in [3.63, 3.8) is 0 Å². The van der Waals surface area contributed by atoms with Crippen LogP contribution in [0.3, 0.4) is 0 Å². The molecule has 3 aromatic rings. The minimum Gasteiger partial charge on any atom is -0.369 e. The predicted molar refractivity (Wildman–Crippen MR) is 113 cm³/mol. The summed E-state index contributed by atoms with van der Waals surface area (Å²) >= 11 is 2.38. The lowest BCUT2D eigenvalue weighted by Gasteiger charge is -2.35. The number of rotatable bonds is 2. The maximum absolute atomic E-state index is 4.61. The average Bonchev–Trinajstić information content (AvgIpc) is 2.98. The number of piperazine rings is 1. The molecule has 0 radical (unpaired) electrons. The fraction of sp³-hybridized carbons (Fsp3) is 0.350. The number of nitrogens with one attached hydrogen (secondary N) is 1. The fourth-order valence-electron chi connectivity index (χ4n) is 3.72. The van der Waals surface area contributed by atoms with Gasteiger partial charge in [0.2, 0.25) is 0 Å². The molecule has 1 aromatic carbocycles. The van der Waals surface area contributed by atoms with Crippen LogP contribution in [-0.2, 0) is 0 Å². The normalized spacial score (nSPS) is 15.9. The predicted octanol–water partition coefficient (Wildman–Crippen LogP) is 4.20. The third-order valence-electron chi connectivity index (χ3n) is 5.26. The Kier molecular flexibility index (Phi) is 4.45. The maximum Gasteiger partial charge on any atom is 0.138 e. The van der Waals surface area contributed by atoms with Crippen LogP contribution in [0.1, 0.15) is 11.1 Å². The Balaban J connectivity index is 1.71. The molecule has 2 aromatic heterocycles. The van der Waals surface area contributed by atoms with Crippen LogP contribution in [0.5, 0.6) is 0 Å². The van der Waals surface area contributed by atoms with Crippen LogP contribution >= 0.6 is 22.6 Å². The number of hydrogen-bond donors (Lipinski definition) is 1. The molecule has 0 bridgehead atoms. The Bertz CT molecular complexity index is 923. The van der Waals surface area contributed by atoms with E-state index in [0.717, 1.165) is 31.8 Å². The van der Waals surface area contributed by atoms with Crippen molar-refractivity contribution >= 4 is 39.3 Å². The monoisotopic (exact) mass is 446 g/mol. The summed E-state index contributed by atoms with van der Waals surface area (Å²) in [6, 6.07) is 6.83. The summed E-state index contributed by atoms with van der Waals surface area (Å²) in [5.41, 5.74) is 7.43. The molecular weight excluding hydrogens is 423 g/mol. The molecule has 0 aliphatic carbocycles. The minimum absolute atomic E-state index is 0.969. The number of benzene rings is 1. The topological polar surface area (TPSA) is 35.2 Å². The molecule has 5 heteroatoms. The molecule has 4 nitrogen and oxygen atoms in total. The van der Waals surface area contributed by atoms with Crippen molar-refractivity contribution in [3.8, 4) is 11.1 Å². The zero-order valence-electron chi connectivity index (χ0n) is 14.9. The van der Waals surface area contributed by atoms with E-state index in [1.165, 1.54) is 36.9 Å². The molecule has 1 saturated heterocycles. The number of aromatic nitrogens is 2. The maximum atomic E-state index is 4.61. The number of pyridine rings is 1. The van der Waals surface area contributed by atoms with Crippen molar-refractivity contribution in [2.45, 2.75) is 13.8 Å². The van der Waals surface area contributed by atoms with E-state index in [9.17, 15) is 0 Å². The Labute approximate surface area is 162 Å². The van der Waals surface area contributed by atoms with Gasteiger partial charge in [-0.15, -0.1) is 0 Å². The lowest BCUT2D eigenvalue weighted by atomic mass is 9.98. The second kappa shape index (κ2) is 6.61. The summed E-state index contributed by atoms with van der Waals surface area (Å²) < 4.78 is 1.23. The molecule has 1 aliphatic heterocycles. The number of likely N-dealkylation sites (N-methyl/N-ethyl adjacent to an activating group) is 1. The Morgan fingerprint density at radius 2 is 1.88 bits per heavy atom. The average molecular weight is 446 g/mol. The zero-order valence-corrected chi connectivity index (χ0v) is 17.1. The van der Waals surface area contributed by atoms with Gasteiger partial charge in [-0.1, -0.05) is 6.07 Å². The van der Waals surface area contributed by atoms with Crippen molar-refractivity contribution in [2.75, 3.05) is 38.1 Å². The van der Waals surface area contributed by atoms with E-state index < -0.39 is 0 Å². The highest BCUT2D eigenvalue weighted by molar-refractivity contribution is 14.1. The molecule has 3 heterocycles. The van der Waals surface area contributed by atoms with Gasteiger partial charge in [0, 0.05) is 58.8 Å². The number of nitrogens with zero attached hydrogens (tertiary/aromatic N) is 3. The first-order chi connectivity index (χ1) is 12.0. The molecule has 0 atom stereocenters.